The maximum absolute atomic E-state index is 4.56. The lowest BCUT2D eigenvalue weighted by Gasteiger charge is -2.07. The molecule has 0 fully saturated rings. The van der Waals surface area contributed by atoms with Crippen LogP contribution in [0.5, 0.6) is 0 Å². The Labute approximate surface area is 102 Å². The molecule has 3 nitrogen and oxygen atoms in total. The fourth-order valence-electron chi connectivity index (χ4n) is 1.72. The maximum Gasteiger partial charge on any atom is 0.161 e. The van der Waals surface area contributed by atoms with E-state index in [0.29, 0.717) is 0 Å². The van der Waals surface area contributed by atoms with E-state index in [0.717, 1.165) is 29.3 Å². The monoisotopic (exact) mass is 227 g/mol. The van der Waals surface area contributed by atoms with Crippen LogP contribution in [0.4, 0.5) is 5.82 Å². The summed E-state index contributed by atoms with van der Waals surface area (Å²) in [6, 6.07) is 10.2. The summed E-state index contributed by atoms with van der Waals surface area (Å²) in [6.45, 7) is 4.17. The van der Waals surface area contributed by atoms with E-state index in [1.165, 1.54) is 5.56 Å². The molecule has 0 aliphatic heterocycles. The zero-order valence-corrected chi connectivity index (χ0v) is 10.5. The Morgan fingerprint density at radius 1 is 1.18 bits per heavy atom. The fraction of sp³-hybridized carbons (Fsp3) is 0.286. The van der Waals surface area contributed by atoms with E-state index >= 15 is 0 Å². The first-order valence-electron chi connectivity index (χ1n) is 5.85. The van der Waals surface area contributed by atoms with Gasteiger partial charge >= 0.3 is 0 Å². The molecule has 0 unspecified atom stereocenters. The van der Waals surface area contributed by atoms with Crippen LogP contribution in [0.15, 0.2) is 30.3 Å². The van der Waals surface area contributed by atoms with Gasteiger partial charge in [0.05, 0.1) is 0 Å². The van der Waals surface area contributed by atoms with Gasteiger partial charge in [0.1, 0.15) is 5.82 Å². The fourth-order valence-corrected chi connectivity index (χ4v) is 1.72. The second-order valence-corrected chi connectivity index (χ2v) is 4.04. The van der Waals surface area contributed by atoms with Crippen molar-refractivity contribution in [2.24, 2.45) is 0 Å². The topological polar surface area (TPSA) is 37.8 Å². The Kier molecular flexibility index (Phi) is 3.38. The number of aromatic nitrogens is 2. The number of nitrogens with zero attached hydrogens (tertiary/aromatic N) is 2. The van der Waals surface area contributed by atoms with Gasteiger partial charge in [-0.05, 0) is 19.4 Å². The summed E-state index contributed by atoms with van der Waals surface area (Å²) in [7, 11) is 1.88. The average Bonchev–Trinajstić information content (AvgIpc) is 2.38. The van der Waals surface area contributed by atoms with Crippen molar-refractivity contribution < 1.29 is 0 Å². The first-order chi connectivity index (χ1) is 8.22. The molecule has 2 aromatic rings. The van der Waals surface area contributed by atoms with Crippen LogP contribution in [0.3, 0.4) is 0 Å². The third-order valence-corrected chi connectivity index (χ3v) is 2.67. The molecule has 1 N–H and O–H groups in total. The predicted molar refractivity (Wildman–Crippen MR) is 71.1 cm³/mol. The second kappa shape index (κ2) is 4.95. The molecule has 1 aromatic carbocycles. The van der Waals surface area contributed by atoms with Crippen LogP contribution in [-0.2, 0) is 6.42 Å². The lowest BCUT2D eigenvalue weighted by Crippen LogP contribution is -2.00. The van der Waals surface area contributed by atoms with Gasteiger partial charge in [-0.2, -0.15) is 0 Å². The molecular weight excluding hydrogens is 210 g/mol. The molecule has 0 atom stereocenters. The number of nitrogens with one attached hydrogen (secondary N) is 1. The molecule has 0 aliphatic rings. The summed E-state index contributed by atoms with van der Waals surface area (Å²) < 4.78 is 0. The molecule has 0 bridgehead atoms. The molecule has 1 aromatic heterocycles. The number of hydrogen-bond donors (Lipinski definition) is 1. The van der Waals surface area contributed by atoms with Gasteiger partial charge in [-0.3, -0.25) is 0 Å². The number of anilines is 1. The van der Waals surface area contributed by atoms with Crippen molar-refractivity contribution in [2.45, 2.75) is 20.3 Å². The molecule has 0 saturated heterocycles. The Hall–Kier alpha value is -1.90. The van der Waals surface area contributed by atoms with Crippen molar-refractivity contribution in [3.8, 4) is 11.4 Å². The first-order valence-corrected chi connectivity index (χ1v) is 5.85. The highest BCUT2D eigenvalue weighted by Crippen LogP contribution is 2.19. The minimum Gasteiger partial charge on any atom is -0.373 e. The molecule has 0 amide bonds. The Bertz CT molecular complexity index is 498. The third kappa shape index (κ3) is 2.61. The first kappa shape index (κ1) is 11.6. The van der Waals surface area contributed by atoms with Gasteiger partial charge in [-0.25, -0.2) is 9.97 Å². The van der Waals surface area contributed by atoms with Gasteiger partial charge < -0.3 is 5.32 Å². The van der Waals surface area contributed by atoms with Crippen LogP contribution in [0.1, 0.15) is 18.2 Å². The molecule has 0 radical (unpaired) electrons. The zero-order valence-electron chi connectivity index (χ0n) is 10.5. The van der Waals surface area contributed by atoms with E-state index in [-0.39, 0.29) is 0 Å². The van der Waals surface area contributed by atoms with Crippen LogP contribution >= 0.6 is 0 Å². The molecule has 1 heterocycles. The van der Waals surface area contributed by atoms with Crippen molar-refractivity contribution in [3.63, 3.8) is 0 Å². The highest BCUT2D eigenvalue weighted by atomic mass is 15.0. The predicted octanol–water partition coefficient (Wildman–Crippen LogP) is 3.06. The summed E-state index contributed by atoms with van der Waals surface area (Å²) in [5.74, 6) is 1.66. The van der Waals surface area contributed by atoms with E-state index in [4.69, 9.17) is 0 Å². The zero-order chi connectivity index (χ0) is 12.3. The standard InChI is InChI=1S/C14H17N3/c1-4-12-9-13(15-3)17-14(16-12)11-7-5-6-10(2)8-11/h5-9H,4H2,1-3H3,(H,15,16,17). The SMILES string of the molecule is CCc1cc(NC)nc(-c2cccc(C)c2)n1. The van der Waals surface area contributed by atoms with E-state index in [1.54, 1.807) is 0 Å². The summed E-state index contributed by atoms with van der Waals surface area (Å²) in [5.41, 5.74) is 3.34. The molecule has 0 aliphatic carbocycles. The lowest BCUT2D eigenvalue weighted by molar-refractivity contribution is 1.01. The summed E-state index contributed by atoms with van der Waals surface area (Å²) >= 11 is 0. The Balaban J connectivity index is 2.50. The van der Waals surface area contributed by atoms with Crippen LogP contribution in [0, 0.1) is 6.92 Å². The van der Waals surface area contributed by atoms with Crippen molar-refractivity contribution in [1.29, 1.82) is 0 Å². The second-order valence-electron chi connectivity index (χ2n) is 4.04. The molecule has 3 heteroatoms. The third-order valence-electron chi connectivity index (χ3n) is 2.67. The Morgan fingerprint density at radius 3 is 2.65 bits per heavy atom. The van der Waals surface area contributed by atoms with E-state index in [1.807, 2.05) is 25.2 Å². The number of rotatable bonds is 3. The summed E-state index contributed by atoms with van der Waals surface area (Å²) in [4.78, 5) is 9.05. The van der Waals surface area contributed by atoms with Crippen LogP contribution in [0.2, 0.25) is 0 Å². The molecule has 0 saturated carbocycles. The van der Waals surface area contributed by atoms with Crippen LogP contribution < -0.4 is 5.32 Å². The van der Waals surface area contributed by atoms with Crippen LogP contribution in [-0.4, -0.2) is 17.0 Å². The largest absolute Gasteiger partial charge is 0.373 e. The number of aryl methyl sites for hydroxylation is 2. The molecule has 88 valence electrons. The van der Waals surface area contributed by atoms with Crippen molar-refractivity contribution in [3.05, 3.63) is 41.6 Å². The minimum absolute atomic E-state index is 0.789. The number of hydrogen-bond acceptors (Lipinski definition) is 3. The van der Waals surface area contributed by atoms with Crippen molar-refractivity contribution in [2.75, 3.05) is 12.4 Å². The van der Waals surface area contributed by atoms with Gasteiger partial charge in [0.25, 0.3) is 0 Å². The van der Waals surface area contributed by atoms with Gasteiger partial charge in [0.2, 0.25) is 0 Å². The van der Waals surface area contributed by atoms with E-state index < -0.39 is 0 Å². The van der Waals surface area contributed by atoms with Crippen molar-refractivity contribution in [1.82, 2.24) is 9.97 Å². The molecule has 0 spiro atoms. The summed E-state index contributed by atoms with van der Waals surface area (Å²) in [5, 5.41) is 3.08. The highest BCUT2D eigenvalue weighted by molar-refractivity contribution is 5.58. The van der Waals surface area contributed by atoms with Gasteiger partial charge in [-0.1, -0.05) is 30.7 Å². The average molecular weight is 227 g/mol. The van der Waals surface area contributed by atoms with Crippen molar-refractivity contribution >= 4 is 5.82 Å². The van der Waals surface area contributed by atoms with Gasteiger partial charge in [0, 0.05) is 24.4 Å². The lowest BCUT2D eigenvalue weighted by atomic mass is 10.1. The summed E-state index contributed by atoms with van der Waals surface area (Å²) in [6.07, 6.45) is 0.913. The number of benzene rings is 1. The van der Waals surface area contributed by atoms with Gasteiger partial charge in [0.15, 0.2) is 5.82 Å². The molecule has 17 heavy (non-hydrogen) atoms. The smallest absolute Gasteiger partial charge is 0.161 e. The normalized spacial score (nSPS) is 10.3. The van der Waals surface area contributed by atoms with Gasteiger partial charge in [-0.15, -0.1) is 0 Å². The maximum atomic E-state index is 4.56. The minimum atomic E-state index is 0.789. The van der Waals surface area contributed by atoms with E-state index in [2.05, 4.69) is 41.3 Å². The van der Waals surface area contributed by atoms with Crippen LogP contribution in [0.25, 0.3) is 11.4 Å². The molecule has 2 rings (SSSR count). The highest BCUT2D eigenvalue weighted by Gasteiger charge is 2.05. The quantitative estimate of drug-likeness (QED) is 0.875. The Morgan fingerprint density at radius 2 is 2.00 bits per heavy atom. The molecular formula is C14H17N3. The van der Waals surface area contributed by atoms with E-state index in [9.17, 15) is 0 Å².